The number of methoxy groups -OCH3 is 1. The number of carbonyl (C=O) groups is 3. The lowest BCUT2D eigenvalue weighted by Gasteiger charge is -2.17. The number of urea groups is 1. The number of carboxylic acids is 1. The first-order valence-electron chi connectivity index (χ1n) is 6.81. The molecule has 2 fully saturated rings. The lowest BCUT2D eigenvalue weighted by atomic mass is 10.0. The second-order valence-corrected chi connectivity index (χ2v) is 5.63. The van der Waals surface area contributed by atoms with Crippen LogP contribution in [0, 0.1) is 11.3 Å². The van der Waals surface area contributed by atoms with E-state index in [1.165, 1.54) is 20.0 Å². The quantitative estimate of drug-likeness (QED) is 0.590. The van der Waals surface area contributed by atoms with Gasteiger partial charge in [-0.15, -0.1) is 0 Å². The number of nitrogens with one attached hydrogen (secondary N) is 2. The van der Waals surface area contributed by atoms with Gasteiger partial charge >= 0.3 is 18.0 Å². The molecule has 0 aromatic heterocycles. The predicted molar refractivity (Wildman–Crippen MR) is 69.0 cm³/mol. The Morgan fingerprint density at radius 2 is 2.00 bits per heavy atom. The minimum absolute atomic E-state index is 0.248. The summed E-state index contributed by atoms with van der Waals surface area (Å²) < 4.78 is 4.40. The van der Waals surface area contributed by atoms with Gasteiger partial charge in [-0.3, -0.25) is 4.79 Å². The van der Waals surface area contributed by atoms with Crippen molar-refractivity contribution in [3.05, 3.63) is 0 Å². The lowest BCUT2D eigenvalue weighted by Crippen LogP contribution is -2.48. The van der Waals surface area contributed by atoms with Gasteiger partial charge in [-0.1, -0.05) is 0 Å². The molecule has 0 bridgehead atoms. The summed E-state index contributed by atoms with van der Waals surface area (Å²) in [6.07, 6.45) is 4.32. The van der Waals surface area contributed by atoms with Gasteiger partial charge in [-0.2, -0.15) is 0 Å². The number of hydrogen-bond donors (Lipinski definition) is 3. The predicted octanol–water partition coefficient (Wildman–Crippen LogP) is 0.492. The van der Waals surface area contributed by atoms with Crippen LogP contribution in [0.25, 0.3) is 0 Å². The highest BCUT2D eigenvalue weighted by Gasteiger charge is 2.53. The number of rotatable bonds is 7. The maximum atomic E-state index is 11.7. The van der Waals surface area contributed by atoms with Crippen LogP contribution in [0.2, 0.25) is 0 Å². The third kappa shape index (κ3) is 3.61. The Balaban J connectivity index is 1.76. The SMILES string of the molecule is COC(=O)C[C@H](NC(=O)NCC1(C2CC2)CC1)C(=O)O. The Hall–Kier alpha value is -1.79. The van der Waals surface area contributed by atoms with Crippen LogP contribution in [0.4, 0.5) is 4.79 Å². The van der Waals surface area contributed by atoms with Crippen molar-refractivity contribution in [2.24, 2.45) is 11.3 Å². The fourth-order valence-corrected chi connectivity index (χ4v) is 2.50. The van der Waals surface area contributed by atoms with Crippen LogP contribution >= 0.6 is 0 Å². The summed E-state index contributed by atoms with van der Waals surface area (Å²) in [4.78, 5) is 33.8. The molecule has 0 saturated heterocycles. The summed E-state index contributed by atoms with van der Waals surface area (Å²) in [5.41, 5.74) is 0.248. The normalized spacial score (nSPS) is 20.6. The van der Waals surface area contributed by atoms with E-state index < -0.39 is 24.0 Å². The Bertz CT molecular complexity index is 415. The Kier molecular flexibility index (Phi) is 4.15. The van der Waals surface area contributed by atoms with Crippen molar-refractivity contribution in [1.29, 1.82) is 0 Å². The standard InChI is InChI=1S/C13H20N2O5/c1-20-10(16)6-9(11(17)18)15-12(19)14-7-13(4-5-13)8-2-3-8/h8-9H,2-7H2,1H3,(H,17,18)(H2,14,15,19)/t9-/m0/s1. The largest absolute Gasteiger partial charge is 0.480 e. The summed E-state index contributed by atoms with van der Waals surface area (Å²) in [6.45, 7) is 0.577. The molecule has 112 valence electrons. The molecule has 0 aliphatic heterocycles. The second-order valence-electron chi connectivity index (χ2n) is 5.63. The van der Waals surface area contributed by atoms with Crippen molar-refractivity contribution in [1.82, 2.24) is 10.6 Å². The van der Waals surface area contributed by atoms with Crippen molar-refractivity contribution in [2.45, 2.75) is 38.1 Å². The summed E-state index contributed by atoms with van der Waals surface area (Å²) in [5.74, 6) is -1.21. The Morgan fingerprint density at radius 3 is 2.45 bits per heavy atom. The molecule has 2 rings (SSSR count). The number of ether oxygens (including phenoxy) is 1. The van der Waals surface area contributed by atoms with E-state index in [9.17, 15) is 14.4 Å². The molecule has 2 saturated carbocycles. The molecule has 20 heavy (non-hydrogen) atoms. The van der Waals surface area contributed by atoms with Crippen LogP contribution < -0.4 is 10.6 Å². The van der Waals surface area contributed by atoms with E-state index in [-0.39, 0.29) is 11.8 Å². The number of carboxylic acid groups (broad SMARTS) is 1. The lowest BCUT2D eigenvalue weighted by molar-refractivity contribution is -0.147. The van der Waals surface area contributed by atoms with E-state index in [2.05, 4.69) is 15.4 Å². The zero-order valence-electron chi connectivity index (χ0n) is 11.5. The van der Waals surface area contributed by atoms with Crippen LogP contribution in [0.15, 0.2) is 0 Å². The summed E-state index contributed by atoms with van der Waals surface area (Å²) in [6, 6.07) is -1.81. The van der Waals surface area contributed by atoms with Gasteiger partial charge in [0.2, 0.25) is 0 Å². The molecule has 2 amide bonds. The third-order valence-electron chi connectivity index (χ3n) is 4.14. The van der Waals surface area contributed by atoms with Gasteiger partial charge in [-0.25, -0.2) is 9.59 Å². The minimum atomic E-state index is -1.27. The molecule has 0 spiro atoms. The molecule has 2 aliphatic carbocycles. The van der Waals surface area contributed by atoms with Gasteiger partial charge in [0.1, 0.15) is 6.04 Å². The van der Waals surface area contributed by atoms with Crippen molar-refractivity contribution in [2.75, 3.05) is 13.7 Å². The second kappa shape index (κ2) is 5.68. The number of amides is 2. The maximum Gasteiger partial charge on any atom is 0.326 e. The van der Waals surface area contributed by atoms with E-state index in [0.29, 0.717) is 12.5 Å². The van der Waals surface area contributed by atoms with Crippen molar-refractivity contribution in [3.63, 3.8) is 0 Å². The molecule has 0 unspecified atom stereocenters. The summed E-state index contributed by atoms with van der Waals surface area (Å²) >= 11 is 0. The molecule has 7 heteroatoms. The molecular formula is C13H20N2O5. The average molecular weight is 284 g/mol. The van der Waals surface area contributed by atoms with Gasteiger partial charge in [-0.05, 0) is 37.0 Å². The highest BCUT2D eigenvalue weighted by atomic mass is 16.5. The molecule has 0 radical (unpaired) electrons. The zero-order chi connectivity index (χ0) is 14.8. The third-order valence-corrected chi connectivity index (χ3v) is 4.14. The van der Waals surface area contributed by atoms with Gasteiger partial charge < -0.3 is 20.5 Å². The molecule has 0 aromatic rings. The van der Waals surface area contributed by atoms with Crippen LogP contribution in [0.1, 0.15) is 32.1 Å². The number of carbonyl (C=O) groups excluding carboxylic acids is 2. The molecule has 7 nitrogen and oxygen atoms in total. The molecule has 0 aromatic carbocycles. The van der Waals surface area contributed by atoms with Crippen LogP contribution in [0.3, 0.4) is 0 Å². The van der Waals surface area contributed by atoms with Crippen LogP contribution in [-0.4, -0.2) is 42.8 Å². The van der Waals surface area contributed by atoms with Gasteiger partial charge in [0.25, 0.3) is 0 Å². The first-order valence-corrected chi connectivity index (χ1v) is 6.81. The smallest absolute Gasteiger partial charge is 0.326 e. The molecule has 0 heterocycles. The van der Waals surface area contributed by atoms with E-state index in [1.807, 2.05) is 0 Å². The molecule has 2 aliphatic rings. The van der Waals surface area contributed by atoms with E-state index >= 15 is 0 Å². The fraction of sp³-hybridized carbons (Fsp3) is 0.769. The first kappa shape index (κ1) is 14.6. The number of esters is 1. The number of aliphatic carboxylic acids is 1. The van der Waals surface area contributed by atoms with E-state index in [0.717, 1.165) is 12.8 Å². The van der Waals surface area contributed by atoms with Crippen LogP contribution in [0.5, 0.6) is 0 Å². The zero-order valence-corrected chi connectivity index (χ0v) is 11.5. The van der Waals surface area contributed by atoms with E-state index in [1.54, 1.807) is 0 Å². The van der Waals surface area contributed by atoms with Crippen molar-refractivity contribution >= 4 is 18.0 Å². The molecule has 1 atom stereocenters. The highest BCUT2D eigenvalue weighted by molar-refractivity contribution is 5.86. The molecule has 3 N–H and O–H groups in total. The fourth-order valence-electron chi connectivity index (χ4n) is 2.50. The molecular weight excluding hydrogens is 264 g/mol. The van der Waals surface area contributed by atoms with Crippen molar-refractivity contribution in [3.8, 4) is 0 Å². The summed E-state index contributed by atoms with van der Waals surface area (Å²) in [7, 11) is 1.17. The number of hydrogen-bond acceptors (Lipinski definition) is 4. The van der Waals surface area contributed by atoms with Gasteiger partial charge in [0.05, 0.1) is 13.5 Å². The minimum Gasteiger partial charge on any atom is -0.480 e. The Morgan fingerprint density at radius 1 is 1.35 bits per heavy atom. The highest BCUT2D eigenvalue weighted by Crippen LogP contribution is 2.60. The topological polar surface area (TPSA) is 105 Å². The average Bonchev–Trinajstić information content (AvgIpc) is 3.27. The van der Waals surface area contributed by atoms with E-state index in [4.69, 9.17) is 5.11 Å². The van der Waals surface area contributed by atoms with Gasteiger partial charge in [0, 0.05) is 6.54 Å². The van der Waals surface area contributed by atoms with Crippen LogP contribution in [-0.2, 0) is 14.3 Å². The van der Waals surface area contributed by atoms with Gasteiger partial charge in [0.15, 0.2) is 0 Å². The monoisotopic (exact) mass is 284 g/mol. The maximum absolute atomic E-state index is 11.7. The first-order chi connectivity index (χ1) is 9.47. The van der Waals surface area contributed by atoms with Crippen molar-refractivity contribution < 1.29 is 24.2 Å². The Labute approximate surface area is 117 Å². The summed E-state index contributed by atoms with van der Waals surface area (Å²) in [5, 5.41) is 14.0.